The predicted octanol–water partition coefficient (Wildman–Crippen LogP) is 2.69. The highest BCUT2D eigenvalue weighted by molar-refractivity contribution is 5.91. The van der Waals surface area contributed by atoms with Crippen molar-refractivity contribution in [2.75, 3.05) is 0 Å². The lowest BCUT2D eigenvalue weighted by Crippen LogP contribution is -2.27. The van der Waals surface area contributed by atoms with Crippen molar-refractivity contribution in [2.24, 2.45) is 0 Å². The standard InChI is InChI=1S/C18H16FN5O/c1-13(18-21-22-23-24(18)16-8-3-2-4-9-16)20-17(25)11-10-14-6-5-7-15(19)12-14/h2-13H,1H3,(H,20,25)/b11-10-/t13-/m0/s1. The number of carbonyl (C=O) groups excluding carboxylic acids is 1. The maximum atomic E-state index is 13.1. The Bertz CT molecular complexity index is 891. The summed E-state index contributed by atoms with van der Waals surface area (Å²) in [4.78, 5) is 12.1. The van der Waals surface area contributed by atoms with E-state index in [0.29, 0.717) is 11.4 Å². The van der Waals surface area contributed by atoms with Gasteiger partial charge in [0, 0.05) is 6.08 Å². The fraction of sp³-hybridized carbons (Fsp3) is 0.111. The van der Waals surface area contributed by atoms with Gasteiger partial charge in [0.15, 0.2) is 5.82 Å². The minimum Gasteiger partial charge on any atom is -0.343 e. The topological polar surface area (TPSA) is 72.7 Å². The quantitative estimate of drug-likeness (QED) is 0.727. The Hall–Kier alpha value is -3.35. The van der Waals surface area contributed by atoms with Gasteiger partial charge in [0.25, 0.3) is 0 Å². The van der Waals surface area contributed by atoms with E-state index in [4.69, 9.17) is 0 Å². The Labute approximate surface area is 144 Å². The first-order valence-electron chi connectivity index (χ1n) is 7.71. The second kappa shape index (κ2) is 7.48. The number of hydrogen-bond acceptors (Lipinski definition) is 4. The minimum absolute atomic E-state index is 0.320. The molecule has 7 heteroatoms. The van der Waals surface area contributed by atoms with Crippen molar-refractivity contribution in [1.82, 2.24) is 25.5 Å². The molecule has 0 aliphatic carbocycles. The van der Waals surface area contributed by atoms with Crippen LogP contribution in [0.1, 0.15) is 24.4 Å². The van der Waals surface area contributed by atoms with Gasteiger partial charge in [-0.2, -0.15) is 4.68 Å². The van der Waals surface area contributed by atoms with Crippen LogP contribution in [0.2, 0.25) is 0 Å². The second-order valence-electron chi connectivity index (χ2n) is 5.40. The molecule has 1 aromatic heterocycles. The SMILES string of the molecule is C[C@H](NC(=O)/C=C\c1cccc(F)c1)c1nnnn1-c1ccccc1. The average molecular weight is 337 g/mol. The van der Waals surface area contributed by atoms with Crippen molar-refractivity contribution in [3.63, 3.8) is 0 Å². The van der Waals surface area contributed by atoms with Crippen molar-refractivity contribution in [2.45, 2.75) is 13.0 Å². The molecule has 1 atom stereocenters. The number of tetrazole rings is 1. The van der Waals surface area contributed by atoms with E-state index in [9.17, 15) is 9.18 Å². The van der Waals surface area contributed by atoms with Gasteiger partial charge < -0.3 is 5.32 Å². The number of carbonyl (C=O) groups is 1. The van der Waals surface area contributed by atoms with Crippen LogP contribution < -0.4 is 5.32 Å². The van der Waals surface area contributed by atoms with Crippen LogP contribution in [0, 0.1) is 5.82 Å². The summed E-state index contributed by atoms with van der Waals surface area (Å²) in [5, 5.41) is 14.4. The number of nitrogens with zero attached hydrogens (tertiary/aromatic N) is 4. The molecule has 1 amide bonds. The maximum absolute atomic E-state index is 13.1. The number of amides is 1. The van der Waals surface area contributed by atoms with Gasteiger partial charge in [-0.1, -0.05) is 30.3 Å². The molecule has 1 N–H and O–H groups in total. The monoisotopic (exact) mass is 337 g/mol. The highest BCUT2D eigenvalue weighted by Gasteiger charge is 2.16. The molecule has 6 nitrogen and oxygen atoms in total. The second-order valence-corrected chi connectivity index (χ2v) is 5.40. The van der Waals surface area contributed by atoms with Crippen LogP contribution in [0.3, 0.4) is 0 Å². The Kier molecular flexibility index (Phi) is 4.94. The molecular formula is C18H16FN5O. The molecule has 0 saturated carbocycles. The number of nitrogens with one attached hydrogen (secondary N) is 1. The number of hydrogen-bond donors (Lipinski definition) is 1. The lowest BCUT2D eigenvalue weighted by molar-refractivity contribution is -0.117. The van der Waals surface area contributed by atoms with E-state index in [-0.39, 0.29) is 11.7 Å². The van der Waals surface area contributed by atoms with Crippen LogP contribution in [0.5, 0.6) is 0 Å². The summed E-state index contributed by atoms with van der Waals surface area (Å²) in [6, 6.07) is 15.0. The molecule has 3 rings (SSSR count). The molecule has 0 aliphatic rings. The molecule has 0 fully saturated rings. The van der Waals surface area contributed by atoms with Gasteiger partial charge in [0.1, 0.15) is 5.82 Å². The Morgan fingerprint density at radius 3 is 2.76 bits per heavy atom. The van der Waals surface area contributed by atoms with Crippen LogP contribution in [0.15, 0.2) is 60.7 Å². The summed E-state index contributed by atoms with van der Waals surface area (Å²) >= 11 is 0. The molecular weight excluding hydrogens is 321 g/mol. The van der Waals surface area contributed by atoms with Crippen LogP contribution >= 0.6 is 0 Å². The molecule has 0 unspecified atom stereocenters. The van der Waals surface area contributed by atoms with Gasteiger partial charge in [-0.3, -0.25) is 4.79 Å². The van der Waals surface area contributed by atoms with Gasteiger partial charge in [-0.25, -0.2) is 4.39 Å². The van der Waals surface area contributed by atoms with Crippen LogP contribution in [-0.4, -0.2) is 26.1 Å². The van der Waals surface area contributed by atoms with E-state index >= 15 is 0 Å². The van der Waals surface area contributed by atoms with E-state index in [2.05, 4.69) is 20.8 Å². The highest BCUT2D eigenvalue weighted by atomic mass is 19.1. The number of aromatic nitrogens is 4. The van der Waals surface area contributed by atoms with Crippen molar-refractivity contribution in [1.29, 1.82) is 0 Å². The van der Waals surface area contributed by atoms with Crippen LogP contribution in [0.25, 0.3) is 11.8 Å². The van der Waals surface area contributed by atoms with Crippen molar-refractivity contribution in [3.8, 4) is 5.69 Å². The maximum Gasteiger partial charge on any atom is 0.244 e. The fourth-order valence-corrected chi connectivity index (χ4v) is 2.33. The first kappa shape index (κ1) is 16.5. The average Bonchev–Trinajstić information content (AvgIpc) is 3.11. The summed E-state index contributed by atoms with van der Waals surface area (Å²) in [6.07, 6.45) is 2.90. The summed E-state index contributed by atoms with van der Waals surface area (Å²) in [5.41, 5.74) is 1.41. The van der Waals surface area contributed by atoms with Crippen molar-refractivity contribution < 1.29 is 9.18 Å². The third-order valence-electron chi connectivity index (χ3n) is 3.52. The van der Waals surface area contributed by atoms with Crippen molar-refractivity contribution >= 4 is 12.0 Å². The van der Waals surface area contributed by atoms with Gasteiger partial charge in [-0.15, -0.1) is 5.10 Å². The lowest BCUT2D eigenvalue weighted by Gasteiger charge is -2.12. The summed E-state index contributed by atoms with van der Waals surface area (Å²) in [7, 11) is 0. The molecule has 0 spiro atoms. The zero-order valence-electron chi connectivity index (χ0n) is 13.5. The molecule has 2 aromatic carbocycles. The molecule has 0 saturated heterocycles. The smallest absolute Gasteiger partial charge is 0.244 e. The largest absolute Gasteiger partial charge is 0.343 e. The molecule has 25 heavy (non-hydrogen) atoms. The normalized spacial score (nSPS) is 12.2. The lowest BCUT2D eigenvalue weighted by atomic mass is 10.2. The summed E-state index contributed by atoms with van der Waals surface area (Å²) in [5.74, 6) is -0.156. The van der Waals surface area contributed by atoms with E-state index in [0.717, 1.165) is 5.69 Å². The predicted molar refractivity (Wildman–Crippen MR) is 91.1 cm³/mol. The molecule has 1 heterocycles. The minimum atomic E-state index is -0.403. The number of halogens is 1. The first-order valence-corrected chi connectivity index (χ1v) is 7.71. The zero-order chi connectivity index (χ0) is 17.6. The first-order chi connectivity index (χ1) is 12.1. The molecule has 3 aromatic rings. The summed E-state index contributed by atoms with van der Waals surface area (Å²) < 4.78 is 14.7. The molecule has 0 aliphatic heterocycles. The van der Waals surface area contributed by atoms with Crippen LogP contribution in [-0.2, 0) is 4.79 Å². The van der Waals surface area contributed by atoms with Crippen molar-refractivity contribution in [3.05, 3.63) is 77.9 Å². The number of para-hydroxylation sites is 1. The van der Waals surface area contributed by atoms with E-state index in [1.165, 1.54) is 18.2 Å². The van der Waals surface area contributed by atoms with Gasteiger partial charge in [-0.05, 0) is 53.3 Å². The third kappa shape index (κ3) is 4.14. The van der Waals surface area contributed by atoms with Crippen LogP contribution in [0.4, 0.5) is 4.39 Å². The Balaban J connectivity index is 1.70. The number of benzene rings is 2. The Morgan fingerprint density at radius 1 is 1.20 bits per heavy atom. The van der Waals surface area contributed by atoms with Gasteiger partial charge in [0.2, 0.25) is 5.91 Å². The zero-order valence-corrected chi connectivity index (χ0v) is 13.5. The molecule has 126 valence electrons. The van der Waals surface area contributed by atoms with Gasteiger partial charge in [0.05, 0.1) is 11.7 Å². The van der Waals surface area contributed by atoms with Gasteiger partial charge >= 0.3 is 0 Å². The molecule has 0 radical (unpaired) electrons. The highest BCUT2D eigenvalue weighted by Crippen LogP contribution is 2.13. The number of rotatable bonds is 5. The fourth-order valence-electron chi connectivity index (χ4n) is 2.33. The van der Waals surface area contributed by atoms with E-state index in [1.807, 2.05) is 30.3 Å². The van der Waals surface area contributed by atoms with E-state index < -0.39 is 6.04 Å². The Morgan fingerprint density at radius 2 is 2.00 bits per heavy atom. The third-order valence-corrected chi connectivity index (χ3v) is 3.52. The molecule has 0 bridgehead atoms. The summed E-state index contributed by atoms with van der Waals surface area (Å²) in [6.45, 7) is 1.79. The van der Waals surface area contributed by atoms with E-state index in [1.54, 1.807) is 29.8 Å².